The summed E-state index contributed by atoms with van der Waals surface area (Å²) in [6.45, 7) is 0. The maximum Gasteiger partial charge on any atom is 0.240 e. The van der Waals surface area contributed by atoms with Gasteiger partial charge in [-0.25, -0.2) is 13.1 Å². The van der Waals surface area contributed by atoms with Gasteiger partial charge in [-0.05, 0) is 37.1 Å². The Morgan fingerprint density at radius 3 is 2.41 bits per heavy atom. The van der Waals surface area contributed by atoms with E-state index in [1.165, 1.54) is 24.3 Å². The number of sulfonamides is 1. The van der Waals surface area contributed by atoms with Crippen molar-refractivity contribution in [3.8, 4) is 0 Å². The number of nitrogens with two attached hydrogens (primary N) is 1. The van der Waals surface area contributed by atoms with Crippen LogP contribution in [-0.2, 0) is 10.0 Å². The molecule has 1 aliphatic carbocycles. The van der Waals surface area contributed by atoms with Crippen LogP contribution in [-0.4, -0.2) is 25.5 Å². The number of benzene rings is 1. The zero-order chi connectivity index (χ0) is 12.5. The molecule has 0 atom stereocenters. The normalized spacial score (nSPS) is 17.1. The molecule has 7 heteroatoms. The minimum atomic E-state index is -3.44. The van der Waals surface area contributed by atoms with Crippen molar-refractivity contribution in [2.24, 2.45) is 10.9 Å². The molecule has 1 aliphatic rings. The molecule has 2 rings (SSSR count). The van der Waals surface area contributed by atoms with E-state index in [9.17, 15) is 8.42 Å². The number of amidine groups is 1. The first-order valence-corrected chi connectivity index (χ1v) is 6.61. The first-order chi connectivity index (χ1) is 8.03. The molecule has 0 saturated heterocycles. The van der Waals surface area contributed by atoms with Gasteiger partial charge in [0.05, 0.1) is 4.90 Å². The minimum absolute atomic E-state index is 0.0518. The summed E-state index contributed by atoms with van der Waals surface area (Å²) < 4.78 is 26.2. The van der Waals surface area contributed by atoms with Crippen LogP contribution in [0.1, 0.15) is 18.4 Å². The highest BCUT2D eigenvalue weighted by molar-refractivity contribution is 7.89. The molecule has 4 N–H and O–H groups in total. The van der Waals surface area contributed by atoms with Crippen LogP contribution in [0.2, 0.25) is 0 Å². The molecule has 1 fully saturated rings. The van der Waals surface area contributed by atoms with Crippen LogP contribution >= 0.6 is 0 Å². The van der Waals surface area contributed by atoms with E-state index >= 15 is 0 Å². The number of oxime groups is 1. The fourth-order valence-electron chi connectivity index (χ4n) is 1.35. The fourth-order valence-corrected chi connectivity index (χ4v) is 2.66. The summed E-state index contributed by atoms with van der Waals surface area (Å²) in [6.07, 6.45) is 1.78. The van der Waals surface area contributed by atoms with Crippen LogP contribution in [0, 0.1) is 0 Å². The number of rotatable bonds is 4. The molecule has 6 nitrogen and oxygen atoms in total. The average Bonchev–Trinajstić information content (AvgIpc) is 3.11. The summed E-state index contributed by atoms with van der Waals surface area (Å²) in [5.41, 5.74) is 5.85. The van der Waals surface area contributed by atoms with Crippen molar-refractivity contribution in [1.29, 1.82) is 0 Å². The van der Waals surface area contributed by atoms with Gasteiger partial charge in [0.2, 0.25) is 10.0 Å². The topological polar surface area (TPSA) is 105 Å². The summed E-state index contributed by atoms with van der Waals surface area (Å²) in [5.74, 6) is -0.0518. The third kappa shape index (κ3) is 2.75. The van der Waals surface area contributed by atoms with E-state index in [0.717, 1.165) is 12.8 Å². The predicted octanol–water partition coefficient (Wildman–Crippen LogP) is 0.222. The molecule has 1 aromatic carbocycles. The lowest BCUT2D eigenvalue weighted by Gasteiger charge is -2.06. The van der Waals surface area contributed by atoms with Gasteiger partial charge in [-0.3, -0.25) is 0 Å². The van der Waals surface area contributed by atoms with Gasteiger partial charge in [-0.2, -0.15) is 0 Å². The van der Waals surface area contributed by atoms with Crippen molar-refractivity contribution < 1.29 is 13.6 Å². The number of nitrogens with one attached hydrogen (secondary N) is 1. The largest absolute Gasteiger partial charge is 0.409 e. The van der Waals surface area contributed by atoms with Gasteiger partial charge in [0.1, 0.15) is 0 Å². The molecule has 0 spiro atoms. The van der Waals surface area contributed by atoms with Crippen LogP contribution in [0.3, 0.4) is 0 Å². The second-order valence-corrected chi connectivity index (χ2v) is 5.62. The first-order valence-electron chi connectivity index (χ1n) is 5.13. The molecular formula is C10H13N3O3S. The number of hydrogen-bond acceptors (Lipinski definition) is 4. The molecule has 1 aromatic rings. The highest BCUT2D eigenvalue weighted by Gasteiger charge is 2.27. The number of nitrogens with zero attached hydrogens (tertiary/aromatic N) is 1. The summed E-state index contributed by atoms with van der Waals surface area (Å²) >= 11 is 0. The molecule has 0 unspecified atom stereocenters. The predicted molar refractivity (Wildman–Crippen MR) is 62.3 cm³/mol. The zero-order valence-electron chi connectivity index (χ0n) is 9.00. The Morgan fingerprint density at radius 1 is 1.35 bits per heavy atom. The van der Waals surface area contributed by atoms with Gasteiger partial charge in [-0.15, -0.1) is 0 Å². The van der Waals surface area contributed by atoms with E-state index in [1.807, 2.05) is 0 Å². The van der Waals surface area contributed by atoms with Gasteiger partial charge in [-0.1, -0.05) is 5.16 Å². The molecule has 0 amide bonds. The summed E-state index contributed by atoms with van der Waals surface area (Å²) in [5, 5.41) is 11.3. The Kier molecular flexibility index (Phi) is 3.03. The van der Waals surface area contributed by atoms with E-state index in [0.29, 0.717) is 5.56 Å². The van der Waals surface area contributed by atoms with Crippen molar-refractivity contribution in [3.05, 3.63) is 29.8 Å². The Morgan fingerprint density at radius 2 is 1.94 bits per heavy atom. The van der Waals surface area contributed by atoms with Gasteiger partial charge >= 0.3 is 0 Å². The van der Waals surface area contributed by atoms with Gasteiger partial charge < -0.3 is 10.9 Å². The van der Waals surface area contributed by atoms with E-state index in [2.05, 4.69) is 9.88 Å². The highest BCUT2D eigenvalue weighted by atomic mass is 32.2. The summed E-state index contributed by atoms with van der Waals surface area (Å²) in [4.78, 5) is 0.180. The van der Waals surface area contributed by atoms with Crippen LogP contribution in [0.25, 0.3) is 0 Å². The standard InChI is InChI=1S/C10H13N3O3S/c11-10(12-14)7-1-5-9(6-2-7)17(15,16)13-8-3-4-8/h1-2,5-6,8,13-14H,3-4H2,(H2,11,12). The summed E-state index contributed by atoms with van der Waals surface area (Å²) in [7, 11) is -3.44. The zero-order valence-corrected chi connectivity index (χ0v) is 9.81. The quantitative estimate of drug-likeness (QED) is 0.310. The molecule has 0 aromatic heterocycles. The van der Waals surface area contributed by atoms with Crippen LogP contribution < -0.4 is 10.5 Å². The van der Waals surface area contributed by atoms with Crippen molar-refractivity contribution in [3.63, 3.8) is 0 Å². The van der Waals surface area contributed by atoms with Gasteiger partial charge in [0.15, 0.2) is 5.84 Å². The number of hydrogen-bond donors (Lipinski definition) is 3. The van der Waals surface area contributed by atoms with Crippen LogP contribution in [0.5, 0.6) is 0 Å². The van der Waals surface area contributed by atoms with E-state index in [1.54, 1.807) is 0 Å². The van der Waals surface area contributed by atoms with E-state index in [4.69, 9.17) is 10.9 Å². The smallest absolute Gasteiger partial charge is 0.240 e. The van der Waals surface area contributed by atoms with Crippen molar-refractivity contribution in [2.75, 3.05) is 0 Å². The molecular weight excluding hydrogens is 242 g/mol. The lowest BCUT2D eigenvalue weighted by atomic mass is 10.2. The Bertz CT molecular complexity index is 532. The van der Waals surface area contributed by atoms with Crippen LogP contribution in [0.4, 0.5) is 0 Å². The molecule has 1 saturated carbocycles. The molecule has 0 radical (unpaired) electrons. The fraction of sp³-hybridized carbons (Fsp3) is 0.300. The molecule has 0 heterocycles. The van der Waals surface area contributed by atoms with Crippen molar-refractivity contribution >= 4 is 15.9 Å². The van der Waals surface area contributed by atoms with E-state index < -0.39 is 10.0 Å². The molecule has 92 valence electrons. The molecule has 0 bridgehead atoms. The maximum atomic E-state index is 11.8. The maximum absolute atomic E-state index is 11.8. The minimum Gasteiger partial charge on any atom is -0.409 e. The van der Waals surface area contributed by atoms with Crippen molar-refractivity contribution in [1.82, 2.24) is 4.72 Å². The third-order valence-electron chi connectivity index (χ3n) is 2.47. The third-order valence-corrected chi connectivity index (χ3v) is 4.00. The van der Waals surface area contributed by atoms with Gasteiger partial charge in [0.25, 0.3) is 0 Å². The van der Waals surface area contributed by atoms with Crippen LogP contribution in [0.15, 0.2) is 34.3 Å². The van der Waals surface area contributed by atoms with Crippen molar-refractivity contribution in [2.45, 2.75) is 23.8 Å². The SMILES string of the molecule is NC(=NO)c1ccc(S(=O)(=O)NC2CC2)cc1. The second-order valence-electron chi connectivity index (χ2n) is 3.91. The van der Waals surface area contributed by atoms with Gasteiger partial charge in [0, 0.05) is 11.6 Å². The summed E-state index contributed by atoms with van der Waals surface area (Å²) in [6, 6.07) is 5.92. The Labute approximate surface area is 99.2 Å². The lowest BCUT2D eigenvalue weighted by Crippen LogP contribution is -2.25. The second kappa shape index (κ2) is 4.34. The average molecular weight is 255 g/mol. The lowest BCUT2D eigenvalue weighted by molar-refractivity contribution is 0.318. The molecule has 17 heavy (non-hydrogen) atoms. The first kappa shape index (κ1) is 11.9. The monoisotopic (exact) mass is 255 g/mol. The van der Waals surface area contributed by atoms with E-state index in [-0.39, 0.29) is 16.8 Å². The Balaban J connectivity index is 2.22. The molecule has 0 aliphatic heterocycles. The Hall–Kier alpha value is -1.60. The highest BCUT2D eigenvalue weighted by Crippen LogP contribution is 2.22.